The summed E-state index contributed by atoms with van der Waals surface area (Å²) in [7, 11) is 0. The van der Waals surface area contributed by atoms with E-state index in [1.54, 1.807) is 0 Å². The molecule has 4 aromatic heterocycles. The molecule has 6 heteroatoms. The van der Waals surface area contributed by atoms with Crippen LogP contribution in [0.25, 0.3) is 101 Å². The number of anilines is 2. The van der Waals surface area contributed by atoms with E-state index in [1.807, 2.05) is 22.7 Å². The van der Waals surface area contributed by atoms with Gasteiger partial charge in [0.1, 0.15) is 11.2 Å². The van der Waals surface area contributed by atoms with Crippen LogP contribution in [0, 0.1) is 0 Å². The fourth-order valence-electron chi connectivity index (χ4n) is 14.8. The third-order valence-electron chi connectivity index (χ3n) is 19.2. The molecule has 0 N–H and O–H groups in total. The van der Waals surface area contributed by atoms with Crippen molar-refractivity contribution in [2.24, 2.45) is 0 Å². The molecule has 3 nitrogen and oxygen atoms in total. The number of hydrogen-bond acceptors (Lipinski definition) is 4. The van der Waals surface area contributed by atoms with Crippen molar-refractivity contribution in [1.82, 2.24) is 4.57 Å². The second-order valence-corrected chi connectivity index (χ2v) is 28.7. The summed E-state index contributed by atoms with van der Waals surface area (Å²) in [5.41, 5.74) is 21.4. The van der Waals surface area contributed by atoms with Crippen LogP contribution in [0.15, 0.2) is 126 Å². The highest BCUT2D eigenvalue weighted by molar-refractivity contribution is 7.27. The van der Waals surface area contributed by atoms with Gasteiger partial charge in [-0.2, -0.15) is 0 Å². The molecule has 12 aromatic rings. The molecule has 0 unspecified atom stereocenters. The van der Waals surface area contributed by atoms with Crippen LogP contribution in [-0.2, 0) is 27.1 Å². The van der Waals surface area contributed by atoms with E-state index in [4.69, 9.17) is 4.42 Å². The molecule has 2 aliphatic carbocycles. The molecule has 0 fully saturated rings. The molecular formula is C68H61BN2OS2. The number of hydrogen-bond donors (Lipinski definition) is 0. The van der Waals surface area contributed by atoms with Gasteiger partial charge in [0, 0.05) is 90.6 Å². The van der Waals surface area contributed by atoms with Crippen LogP contribution in [-0.4, -0.2) is 11.4 Å². The first kappa shape index (κ1) is 44.0. The lowest BCUT2D eigenvalue weighted by molar-refractivity contribution is 0.332. The molecule has 2 aliphatic heterocycles. The molecule has 0 saturated carbocycles. The molecule has 74 heavy (non-hydrogen) atoms. The lowest BCUT2D eigenvalue weighted by Crippen LogP contribution is -2.60. The third-order valence-corrected chi connectivity index (χ3v) is 21.5. The number of rotatable bonds is 1. The Bertz CT molecular complexity index is 4540. The Kier molecular flexibility index (Phi) is 8.28. The zero-order valence-corrected chi connectivity index (χ0v) is 46.2. The van der Waals surface area contributed by atoms with Crippen LogP contribution < -0.4 is 15.7 Å². The van der Waals surface area contributed by atoms with Gasteiger partial charge in [0.15, 0.2) is 0 Å². The van der Waals surface area contributed by atoms with E-state index >= 15 is 0 Å². The molecule has 0 atom stereocenters. The Morgan fingerprint density at radius 2 is 1.12 bits per heavy atom. The number of fused-ring (bicyclic) bond motifs is 21. The van der Waals surface area contributed by atoms with E-state index in [0.29, 0.717) is 0 Å². The lowest BCUT2D eigenvalue weighted by Gasteiger charge is -2.43. The average Bonchev–Trinajstić information content (AvgIpc) is 4.19. The van der Waals surface area contributed by atoms with Crippen molar-refractivity contribution < 1.29 is 4.42 Å². The molecule has 0 bridgehead atoms. The van der Waals surface area contributed by atoms with E-state index in [9.17, 15) is 0 Å². The zero-order chi connectivity index (χ0) is 50.5. The number of benzene rings is 8. The summed E-state index contributed by atoms with van der Waals surface area (Å²) in [6.45, 7) is 26.6. The highest BCUT2D eigenvalue weighted by atomic mass is 32.1. The normalized spacial score (nSPS) is 18.1. The molecule has 6 heterocycles. The van der Waals surface area contributed by atoms with E-state index < -0.39 is 0 Å². The van der Waals surface area contributed by atoms with Gasteiger partial charge in [-0.15, -0.1) is 22.7 Å². The fourth-order valence-corrected chi connectivity index (χ4v) is 17.2. The monoisotopic (exact) mass is 996 g/mol. The van der Waals surface area contributed by atoms with Gasteiger partial charge >= 0.3 is 6.85 Å². The highest BCUT2D eigenvalue weighted by Gasteiger charge is 2.48. The quantitative estimate of drug-likeness (QED) is 0.153. The summed E-state index contributed by atoms with van der Waals surface area (Å²) in [4.78, 5) is 2.77. The molecular weight excluding hydrogens is 936 g/mol. The maximum Gasteiger partial charge on any atom is 0.333 e. The van der Waals surface area contributed by atoms with Crippen molar-refractivity contribution >= 4 is 136 Å². The maximum absolute atomic E-state index is 6.89. The first-order chi connectivity index (χ1) is 35.3. The standard InChI is InChI=1S/C68H61BN2OS2/c1-64(2,3)36-20-22-37(23-21-36)71-51-31-42-41-28-45-48(68(10,11)27-25-65(45,4)5)34-57(41)73-56(42)32-44(51)58-59-39-17-13-15-19-55(39)74-63(59)60-43-29-46-47(67(8,9)26-24-66(46,6)7)33-50(43)70-52-35-54-40(38-16-12-14-18-53(38)72-54)30-49(52)69(71)61(58)62(60)70/h12-23,28-35H,24-27H2,1-11H3. The van der Waals surface area contributed by atoms with Gasteiger partial charge in [0.2, 0.25) is 0 Å². The Morgan fingerprint density at radius 1 is 0.514 bits per heavy atom. The Labute approximate surface area is 441 Å². The minimum Gasteiger partial charge on any atom is -0.456 e. The molecule has 4 aliphatic rings. The van der Waals surface area contributed by atoms with Crippen molar-refractivity contribution in [3.05, 3.63) is 149 Å². The number of aromatic nitrogens is 1. The Balaban J connectivity index is 1.13. The minimum atomic E-state index is -0.147. The average molecular weight is 997 g/mol. The zero-order valence-electron chi connectivity index (χ0n) is 44.6. The van der Waals surface area contributed by atoms with Gasteiger partial charge in [0.05, 0.1) is 11.0 Å². The predicted octanol–water partition coefficient (Wildman–Crippen LogP) is 18.7. The number of para-hydroxylation sites is 1. The summed E-state index contributed by atoms with van der Waals surface area (Å²) >= 11 is 3.99. The van der Waals surface area contributed by atoms with Crippen LogP contribution >= 0.6 is 22.7 Å². The van der Waals surface area contributed by atoms with E-state index in [1.165, 1.54) is 154 Å². The van der Waals surface area contributed by atoms with E-state index in [-0.39, 0.29) is 33.9 Å². The van der Waals surface area contributed by atoms with Crippen LogP contribution in [0.5, 0.6) is 0 Å². The smallest absolute Gasteiger partial charge is 0.333 e. The molecule has 0 radical (unpaired) electrons. The van der Waals surface area contributed by atoms with Crippen molar-refractivity contribution in [3.63, 3.8) is 0 Å². The summed E-state index contributed by atoms with van der Waals surface area (Å²) in [6.07, 6.45) is 4.73. The third kappa shape index (κ3) is 5.59. The predicted molar refractivity (Wildman–Crippen MR) is 322 cm³/mol. The van der Waals surface area contributed by atoms with Crippen LogP contribution in [0.4, 0.5) is 11.4 Å². The lowest BCUT2D eigenvalue weighted by atomic mass is 9.43. The Morgan fingerprint density at radius 3 is 1.82 bits per heavy atom. The molecule has 0 amide bonds. The van der Waals surface area contributed by atoms with E-state index in [0.717, 1.165) is 23.0 Å². The number of thiophene rings is 2. The maximum atomic E-state index is 6.89. The van der Waals surface area contributed by atoms with Crippen molar-refractivity contribution in [1.29, 1.82) is 0 Å². The van der Waals surface area contributed by atoms with E-state index in [2.05, 4.69) is 207 Å². The number of furan rings is 1. The number of nitrogens with zero attached hydrogens (tertiary/aromatic N) is 2. The van der Waals surface area contributed by atoms with Crippen molar-refractivity contribution in [2.45, 2.75) is 129 Å². The van der Waals surface area contributed by atoms with Gasteiger partial charge in [-0.25, -0.2) is 0 Å². The SMILES string of the molecule is CC(C)(C)c1ccc(N2B3c4cc5c(cc4-n4c6cc7c(cc6c6c8sc9ccccc9c8c(c3c64)-c3cc4sc6cc8c(cc6c4cc32)C(C)(C)CCC8(C)C)C(C)(C)CCC7(C)C)oc2ccccc25)cc1. The fraction of sp³-hybridized carbons (Fsp3) is 0.294. The molecule has 16 rings (SSSR count). The second-order valence-electron chi connectivity index (χ2n) is 26.5. The van der Waals surface area contributed by atoms with Gasteiger partial charge < -0.3 is 13.8 Å². The van der Waals surface area contributed by atoms with Crippen molar-refractivity contribution in [2.75, 3.05) is 4.81 Å². The molecule has 8 aromatic carbocycles. The molecule has 0 saturated heterocycles. The largest absolute Gasteiger partial charge is 0.456 e. The van der Waals surface area contributed by atoms with Gasteiger partial charge in [-0.1, -0.05) is 131 Å². The first-order valence-corrected chi connectivity index (χ1v) is 28.8. The summed E-state index contributed by atoms with van der Waals surface area (Å²) in [5.74, 6) is 0. The minimum absolute atomic E-state index is 0.0144. The molecule has 364 valence electrons. The van der Waals surface area contributed by atoms with Crippen molar-refractivity contribution in [3.8, 4) is 16.8 Å². The Hall–Kier alpha value is -6.34. The first-order valence-electron chi connectivity index (χ1n) is 27.2. The van der Waals surface area contributed by atoms with Crippen LogP contribution in [0.3, 0.4) is 0 Å². The van der Waals surface area contributed by atoms with Gasteiger partial charge in [0.25, 0.3) is 0 Å². The van der Waals surface area contributed by atoms with Crippen LogP contribution in [0.2, 0.25) is 0 Å². The van der Waals surface area contributed by atoms with Gasteiger partial charge in [-0.3, -0.25) is 0 Å². The summed E-state index contributed by atoms with van der Waals surface area (Å²) < 4.78 is 15.1. The summed E-state index contributed by atoms with van der Waals surface area (Å²) in [5, 5.41) is 10.6. The van der Waals surface area contributed by atoms with Gasteiger partial charge in [-0.05, 0) is 158 Å². The molecule has 0 spiro atoms. The highest BCUT2D eigenvalue weighted by Crippen LogP contribution is 2.57. The second kappa shape index (κ2) is 13.9. The van der Waals surface area contributed by atoms with Crippen LogP contribution in [0.1, 0.15) is 130 Å². The topological polar surface area (TPSA) is 21.3 Å². The summed E-state index contributed by atoms with van der Waals surface area (Å²) in [6, 6.07) is 48.2.